The first kappa shape index (κ1) is 4.12. The Balaban J connectivity index is 2.96. The number of aromatic nitrogens is 1. The molecule has 0 bridgehead atoms. The molecule has 2 heteroatoms. The Morgan fingerprint density at radius 3 is 2.86 bits per heavy atom. The summed E-state index contributed by atoms with van der Waals surface area (Å²) in [6, 6.07) is 3.41. The van der Waals surface area contributed by atoms with Crippen molar-refractivity contribution in [3.8, 4) is 0 Å². The molecule has 1 heterocycles. The van der Waals surface area contributed by atoms with E-state index in [1.807, 2.05) is 0 Å². The fourth-order valence-electron chi connectivity index (χ4n) is 0.394. The Labute approximate surface area is 41.2 Å². The van der Waals surface area contributed by atoms with E-state index in [0.717, 1.165) is 0 Å². The van der Waals surface area contributed by atoms with Crippen LogP contribution >= 0.6 is 0 Å². The summed E-state index contributed by atoms with van der Waals surface area (Å²) in [5, 5.41) is 0. The van der Waals surface area contributed by atoms with Crippen LogP contribution in [0.4, 0.5) is 0 Å². The van der Waals surface area contributed by atoms with Gasteiger partial charge in [0.05, 0.1) is 5.69 Å². The molecular formula is C5H4NO. The molecule has 1 rings (SSSR count). The minimum Gasteiger partial charge on any atom is -0.358 e. The van der Waals surface area contributed by atoms with E-state index in [9.17, 15) is 4.79 Å². The minimum absolute atomic E-state index is 0.500. The van der Waals surface area contributed by atoms with E-state index in [-0.39, 0.29) is 0 Å². The molecule has 1 N–H and O–H groups in total. The van der Waals surface area contributed by atoms with Crippen LogP contribution in [0.2, 0.25) is 0 Å². The monoisotopic (exact) mass is 94.0 g/mol. The summed E-state index contributed by atoms with van der Waals surface area (Å²) < 4.78 is 0. The highest BCUT2D eigenvalue weighted by molar-refractivity contribution is 5.72. The highest BCUT2D eigenvalue weighted by Gasteiger charge is 1.83. The Morgan fingerprint density at radius 1 is 1.71 bits per heavy atom. The van der Waals surface area contributed by atoms with Gasteiger partial charge in [0.15, 0.2) is 0 Å². The fraction of sp³-hybridized carbons (Fsp3) is 0. The SMILES string of the molecule is O=[C]c1ccc[nH]1. The number of nitrogens with one attached hydrogen (secondary N) is 1. The molecule has 2 nitrogen and oxygen atoms in total. The van der Waals surface area contributed by atoms with Crippen molar-refractivity contribution in [3.05, 3.63) is 24.0 Å². The number of hydrogen-bond donors (Lipinski definition) is 1. The average Bonchev–Trinajstić information content (AvgIpc) is 2.14. The largest absolute Gasteiger partial charge is 0.358 e. The maximum atomic E-state index is 9.71. The van der Waals surface area contributed by atoms with E-state index in [1.165, 1.54) is 0 Å². The summed E-state index contributed by atoms with van der Waals surface area (Å²) >= 11 is 0. The van der Waals surface area contributed by atoms with E-state index in [4.69, 9.17) is 0 Å². The summed E-state index contributed by atoms with van der Waals surface area (Å²) in [7, 11) is 0. The lowest BCUT2D eigenvalue weighted by atomic mass is 10.5. The van der Waals surface area contributed by atoms with Gasteiger partial charge in [-0.15, -0.1) is 0 Å². The molecule has 0 fully saturated rings. The van der Waals surface area contributed by atoms with Crippen molar-refractivity contribution in [2.45, 2.75) is 0 Å². The lowest BCUT2D eigenvalue weighted by Gasteiger charge is -1.68. The molecule has 0 spiro atoms. The van der Waals surface area contributed by atoms with Gasteiger partial charge < -0.3 is 4.98 Å². The van der Waals surface area contributed by atoms with E-state index in [0.29, 0.717) is 5.69 Å². The first-order valence-electron chi connectivity index (χ1n) is 1.95. The maximum Gasteiger partial charge on any atom is 0.251 e. The highest BCUT2D eigenvalue weighted by atomic mass is 16.1. The molecule has 35 valence electrons. The van der Waals surface area contributed by atoms with Crippen molar-refractivity contribution < 1.29 is 4.79 Å². The summed E-state index contributed by atoms with van der Waals surface area (Å²) in [5.74, 6) is 0. The lowest BCUT2D eigenvalue weighted by molar-refractivity contribution is 0.561. The van der Waals surface area contributed by atoms with Crippen LogP contribution in [0, 0.1) is 0 Å². The average molecular weight is 94.1 g/mol. The van der Waals surface area contributed by atoms with Gasteiger partial charge in [-0.3, -0.25) is 4.79 Å². The van der Waals surface area contributed by atoms with Crippen molar-refractivity contribution in [2.75, 3.05) is 0 Å². The number of hydrogen-bond acceptors (Lipinski definition) is 1. The normalized spacial score (nSPS) is 8.57. The number of rotatable bonds is 1. The molecule has 7 heavy (non-hydrogen) atoms. The molecule has 0 aliphatic heterocycles. The van der Waals surface area contributed by atoms with Gasteiger partial charge >= 0.3 is 0 Å². The Morgan fingerprint density at radius 2 is 2.57 bits per heavy atom. The predicted octanol–water partition coefficient (Wildman–Crippen LogP) is 0.472. The minimum atomic E-state index is 0.500. The molecule has 0 unspecified atom stereocenters. The van der Waals surface area contributed by atoms with Crippen LogP contribution in [-0.2, 0) is 4.79 Å². The standard InChI is InChI=1S/C5H4NO/c7-4-5-2-1-3-6-5/h1-3,6H. The molecule has 0 saturated heterocycles. The molecule has 0 aromatic carbocycles. The van der Waals surface area contributed by atoms with Gasteiger partial charge in [-0.05, 0) is 12.1 Å². The summed E-state index contributed by atoms with van der Waals surface area (Å²) in [5.41, 5.74) is 0.500. The van der Waals surface area contributed by atoms with E-state index >= 15 is 0 Å². The van der Waals surface area contributed by atoms with Crippen LogP contribution in [0.25, 0.3) is 0 Å². The van der Waals surface area contributed by atoms with Gasteiger partial charge in [0, 0.05) is 6.20 Å². The van der Waals surface area contributed by atoms with Crippen LogP contribution in [0.5, 0.6) is 0 Å². The van der Waals surface area contributed by atoms with Crippen LogP contribution in [0.15, 0.2) is 18.3 Å². The third-order valence-corrected chi connectivity index (χ3v) is 0.708. The summed E-state index contributed by atoms with van der Waals surface area (Å²) in [6.07, 6.45) is 3.38. The summed E-state index contributed by atoms with van der Waals surface area (Å²) in [6.45, 7) is 0. The number of carbonyl (C=O) groups excluding carboxylic acids is 1. The quantitative estimate of drug-likeness (QED) is 0.539. The smallest absolute Gasteiger partial charge is 0.251 e. The second-order valence-corrected chi connectivity index (χ2v) is 1.19. The van der Waals surface area contributed by atoms with Gasteiger partial charge in [0.1, 0.15) is 0 Å². The maximum absolute atomic E-state index is 9.71. The highest BCUT2D eigenvalue weighted by Crippen LogP contribution is 1.85. The molecule has 1 aromatic heterocycles. The molecule has 0 aliphatic rings. The molecule has 0 saturated carbocycles. The van der Waals surface area contributed by atoms with Gasteiger partial charge in [0.2, 0.25) is 0 Å². The Bertz CT molecular complexity index is 143. The van der Waals surface area contributed by atoms with Gasteiger partial charge in [0.25, 0.3) is 6.29 Å². The predicted molar refractivity (Wildman–Crippen MR) is 25.6 cm³/mol. The second-order valence-electron chi connectivity index (χ2n) is 1.19. The third kappa shape index (κ3) is 0.682. The Kier molecular flexibility index (Phi) is 0.941. The van der Waals surface area contributed by atoms with Crippen molar-refractivity contribution in [1.29, 1.82) is 0 Å². The van der Waals surface area contributed by atoms with Gasteiger partial charge in [-0.25, -0.2) is 0 Å². The van der Waals surface area contributed by atoms with Crippen LogP contribution in [0.3, 0.4) is 0 Å². The van der Waals surface area contributed by atoms with Gasteiger partial charge in [-0.1, -0.05) is 0 Å². The molecule has 0 atom stereocenters. The third-order valence-electron chi connectivity index (χ3n) is 0.708. The molecule has 0 aliphatic carbocycles. The second kappa shape index (κ2) is 1.60. The fourth-order valence-corrected chi connectivity index (χ4v) is 0.394. The van der Waals surface area contributed by atoms with Crippen molar-refractivity contribution in [3.63, 3.8) is 0 Å². The first-order valence-corrected chi connectivity index (χ1v) is 1.95. The lowest BCUT2D eigenvalue weighted by Crippen LogP contribution is -1.73. The van der Waals surface area contributed by atoms with Crippen molar-refractivity contribution >= 4 is 6.29 Å². The number of H-pyrrole nitrogens is 1. The topological polar surface area (TPSA) is 32.9 Å². The first-order chi connectivity index (χ1) is 3.43. The zero-order valence-corrected chi connectivity index (χ0v) is 3.64. The molecular weight excluding hydrogens is 90.1 g/mol. The van der Waals surface area contributed by atoms with Crippen LogP contribution in [0.1, 0.15) is 5.69 Å². The van der Waals surface area contributed by atoms with Crippen molar-refractivity contribution in [2.24, 2.45) is 0 Å². The van der Waals surface area contributed by atoms with E-state index in [1.54, 1.807) is 24.6 Å². The van der Waals surface area contributed by atoms with E-state index in [2.05, 4.69) is 4.98 Å². The zero-order valence-electron chi connectivity index (χ0n) is 3.64. The summed E-state index contributed by atoms with van der Waals surface area (Å²) in [4.78, 5) is 12.4. The van der Waals surface area contributed by atoms with Gasteiger partial charge in [-0.2, -0.15) is 0 Å². The van der Waals surface area contributed by atoms with E-state index < -0.39 is 0 Å². The Hall–Kier alpha value is -1.05. The van der Waals surface area contributed by atoms with Crippen LogP contribution in [-0.4, -0.2) is 11.3 Å². The zero-order chi connectivity index (χ0) is 5.11. The molecule has 0 amide bonds. The molecule has 1 aromatic rings. The number of aromatic amines is 1. The van der Waals surface area contributed by atoms with Crippen LogP contribution < -0.4 is 0 Å². The molecule has 1 radical (unpaired) electrons. The van der Waals surface area contributed by atoms with Crippen molar-refractivity contribution in [1.82, 2.24) is 4.98 Å².